The van der Waals surface area contributed by atoms with Crippen molar-refractivity contribution in [2.45, 2.75) is 13.0 Å². The van der Waals surface area contributed by atoms with Crippen molar-refractivity contribution >= 4 is 0 Å². The van der Waals surface area contributed by atoms with E-state index in [9.17, 15) is 5.11 Å². The van der Waals surface area contributed by atoms with Gasteiger partial charge in [-0.1, -0.05) is 42.0 Å². The Morgan fingerprint density at radius 1 is 0.667 bits per heavy atom. The summed E-state index contributed by atoms with van der Waals surface area (Å²) < 4.78 is 10.9. The minimum Gasteiger partial charge on any atom is -0.497 e. The molecule has 3 rings (SSSR count). The van der Waals surface area contributed by atoms with E-state index in [4.69, 9.17) is 9.47 Å². The molecule has 0 aliphatic heterocycles. The highest BCUT2D eigenvalue weighted by molar-refractivity contribution is 5.38. The van der Waals surface area contributed by atoms with Crippen molar-refractivity contribution in [3.8, 4) is 17.2 Å². The Labute approximate surface area is 142 Å². The van der Waals surface area contributed by atoms with Crippen LogP contribution in [0, 0.1) is 6.92 Å². The molecule has 0 aliphatic rings. The second-order valence-electron chi connectivity index (χ2n) is 5.66. The molecular formula is C21H20O3. The molecule has 122 valence electrons. The van der Waals surface area contributed by atoms with Gasteiger partial charge in [0.1, 0.15) is 23.4 Å². The van der Waals surface area contributed by atoms with E-state index in [1.54, 1.807) is 7.11 Å². The number of aryl methyl sites for hydroxylation is 1. The number of hydrogen-bond acceptors (Lipinski definition) is 3. The van der Waals surface area contributed by atoms with Gasteiger partial charge in [-0.15, -0.1) is 0 Å². The Balaban J connectivity index is 1.71. The molecule has 0 spiro atoms. The van der Waals surface area contributed by atoms with E-state index < -0.39 is 6.10 Å². The van der Waals surface area contributed by atoms with Crippen LogP contribution < -0.4 is 9.47 Å². The zero-order valence-electron chi connectivity index (χ0n) is 13.8. The first-order valence-electron chi connectivity index (χ1n) is 7.82. The van der Waals surface area contributed by atoms with Crippen molar-refractivity contribution in [3.63, 3.8) is 0 Å². The molecule has 3 aromatic rings. The van der Waals surface area contributed by atoms with Crippen molar-refractivity contribution in [3.05, 3.63) is 89.5 Å². The van der Waals surface area contributed by atoms with Gasteiger partial charge in [0.15, 0.2) is 0 Å². The number of rotatable bonds is 5. The van der Waals surface area contributed by atoms with E-state index >= 15 is 0 Å². The van der Waals surface area contributed by atoms with E-state index in [1.165, 1.54) is 5.56 Å². The third-order valence-electron chi connectivity index (χ3n) is 3.88. The predicted molar refractivity (Wildman–Crippen MR) is 94.8 cm³/mol. The molecule has 3 aromatic carbocycles. The van der Waals surface area contributed by atoms with E-state index in [0.29, 0.717) is 0 Å². The smallest absolute Gasteiger partial charge is 0.127 e. The minimum absolute atomic E-state index is 0.638. The standard InChI is InChI=1S/C21H20O3/c1-15-3-5-16(6-4-15)21(22)17-7-9-19(10-8-17)24-20-13-11-18(23-2)12-14-20/h3-14,21-22H,1-2H3. The summed E-state index contributed by atoms with van der Waals surface area (Å²) in [4.78, 5) is 0. The van der Waals surface area contributed by atoms with Crippen LogP contribution in [0.5, 0.6) is 17.2 Å². The summed E-state index contributed by atoms with van der Waals surface area (Å²) in [5.74, 6) is 2.25. The zero-order valence-corrected chi connectivity index (χ0v) is 13.8. The molecule has 3 heteroatoms. The monoisotopic (exact) mass is 320 g/mol. The highest BCUT2D eigenvalue weighted by Gasteiger charge is 2.10. The van der Waals surface area contributed by atoms with Crippen LogP contribution in [0.1, 0.15) is 22.8 Å². The molecule has 0 saturated heterocycles. The van der Waals surface area contributed by atoms with Crippen molar-refractivity contribution in [2.75, 3.05) is 7.11 Å². The molecular weight excluding hydrogens is 300 g/mol. The molecule has 0 aliphatic carbocycles. The summed E-state index contributed by atoms with van der Waals surface area (Å²) in [6.45, 7) is 2.03. The van der Waals surface area contributed by atoms with Gasteiger partial charge in [-0.2, -0.15) is 0 Å². The molecule has 0 bridgehead atoms. The molecule has 1 unspecified atom stereocenters. The van der Waals surface area contributed by atoms with Crippen LogP contribution >= 0.6 is 0 Å². The number of aliphatic hydroxyl groups excluding tert-OH is 1. The van der Waals surface area contributed by atoms with Crippen molar-refractivity contribution in [1.29, 1.82) is 0 Å². The third kappa shape index (κ3) is 3.76. The Morgan fingerprint density at radius 2 is 1.08 bits per heavy atom. The minimum atomic E-state index is -0.638. The van der Waals surface area contributed by atoms with E-state index in [1.807, 2.05) is 79.7 Å². The fourth-order valence-corrected chi connectivity index (χ4v) is 2.44. The summed E-state index contributed by atoms with van der Waals surface area (Å²) in [5, 5.41) is 10.5. The summed E-state index contributed by atoms with van der Waals surface area (Å²) >= 11 is 0. The van der Waals surface area contributed by atoms with Gasteiger partial charge in [0.25, 0.3) is 0 Å². The first kappa shape index (κ1) is 16.1. The SMILES string of the molecule is COc1ccc(Oc2ccc(C(O)c3ccc(C)cc3)cc2)cc1. The van der Waals surface area contributed by atoms with Crippen LogP contribution in [0.15, 0.2) is 72.8 Å². The molecule has 0 heterocycles. The van der Waals surface area contributed by atoms with E-state index in [0.717, 1.165) is 28.4 Å². The fourth-order valence-electron chi connectivity index (χ4n) is 2.44. The van der Waals surface area contributed by atoms with Gasteiger partial charge in [-0.3, -0.25) is 0 Å². The Hall–Kier alpha value is -2.78. The van der Waals surface area contributed by atoms with Crippen molar-refractivity contribution < 1.29 is 14.6 Å². The topological polar surface area (TPSA) is 38.7 Å². The quantitative estimate of drug-likeness (QED) is 0.728. The van der Waals surface area contributed by atoms with Crippen molar-refractivity contribution in [2.24, 2.45) is 0 Å². The van der Waals surface area contributed by atoms with Crippen LogP contribution in [0.2, 0.25) is 0 Å². The van der Waals surface area contributed by atoms with Crippen LogP contribution in [0.25, 0.3) is 0 Å². The van der Waals surface area contributed by atoms with Crippen LogP contribution in [0.4, 0.5) is 0 Å². The maximum Gasteiger partial charge on any atom is 0.127 e. The lowest BCUT2D eigenvalue weighted by atomic mass is 10.0. The highest BCUT2D eigenvalue weighted by atomic mass is 16.5. The summed E-state index contributed by atoms with van der Waals surface area (Å²) in [6, 6.07) is 22.8. The lowest BCUT2D eigenvalue weighted by Gasteiger charge is -2.13. The molecule has 0 fully saturated rings. The van der Waals surface area contributed by atoms with Crippen LogP contribution in [-0.2, 0) is 0 Å². The number of hydrogen-bond donors (Lipinski definition) is 1. The molecule has 1 N–H and O–H groups in total. The van der Waals surface area contributed by atoms with E-state index in [-0.39, 0.29) is 0 Å². The summed E-state index contributed by atoms with van der Waals surface area (Å²) in [6.07, 6.45) is -0.638. The maximum absolute atomic E-state index is 10.5. The second-order valence-corrected chi connectivity index (χ2v) is 5.66. The number of aliphatic hydroxyl groups is 1. The van der Waals surface area contributed by atoms with Crippen molar-refractivity contribution in [1.82, 2.24) is 0 Å². The van der Waals surface area contributed by atoms with Gasteiger partial charge in [0.2, 0.25) is 0 Å². The first-order valence-corrected chi connectivity index (χ1v) is 7.82. The van der Waals surface area contributed by atoms with Gasteiger partial charge in [0, 0.05) is 0 Å². The zero-order chi connectivity index (χ0) is 16.9. The number of methoxy groups -OCH3 is 1. The van der Waals surface area contributed by atoms with Gasteiger partial charge in [-0.05, 0) is 54.4 Å². The van der Waals surface area contributed by atoms with E-state index in [2.05, 4.69) is 0 Å². The molecule has 3 nitrogen and oxygen atoms in total. The summed E-state index contributed by atoms with van der Waals surface area (Å²) in [7, 11) is 1.63. The van der Waals surface area contributed by atoms with Crippen LogP contribution in [-0.4, -0.2) is 12.2 Å². The number of ether oxygens (including phenoxy) is 2. The average Bonchev–Trinajstić information content (AvgIpc) is 2.63. The Bertz CT molecular complexity index is 775. The maximum atomic E-state index is 10.5. The first-order chi connectivity index (χ1) is 11.7. The molecule has 1 atom stereocenters. The Morgan fingerprint density at radius 3 is 1.58 bits per heavy atom. The lowest BCUT2D eigenvalue weighted by molar-refractivity contribution is 0.220. The highest BCUT2D eigenvalue weighted by Crippen LogP contribution is 2.27. The third-order valence-corrected chi connectivity index (χ3v) is 3.88. The van der Waals surface area contributed by atoms with Gasteiger partial charge in [-0.25, -0.2) is 0 Å². The van der Waals surface area contributed by atoms with Gasteiger partial charge >= 0.3 is 0 Å². The fraction of sp³-hybridized carbons (Fsp3) is 0.143. The molecule has 0 aromatic heterocycles. The predicted octanol–water partition coefficient (Wildman–Crippen LogP) is 4.88. The Kier molecular flexibility index (Phi) is 4.82. The normalized spacial score (nSPS) is 11.8. The van der Waals surface area contributed by atoms with Crippen LogP contribution in [0.3, 0.4) is 0 Å². The average molecular weight is 320 g/mol. The molecule has 0 saturated carbocycles. The summed E-state index contributed by atoms with van der Waals surface area (Å²) in [5.41, 5.74) is 2.89. The lowest BCUT2D eigenvalue weighted by Crippen LogP contribution is -1.99. The molecule has 24 heavy (non-hydrogen) atoms. The van der Waals surface area contributed by atoms with Gasteiger partial charge < -0.3 is 14.6 Å². The largest absolute Gasteiger partial charge is 0.497 e. The second kappa shape index (κ2) is 7.20. The molecule has 0 amide bonds. The molecule has 0 radical (unpaired) electrons. The number of benzene rings is 3. The van der Waals surface area contributed by atoms with Gasteiger partial charge in [0.05, 0.1) is 7.11 Å².